The average molecular weight is 363 g/mol. The molecule has 0 bridgehead atoms. The number of hydrogen-bond donors (Lipinski definition) is 0. The Labute approximate surface area is 151 Å². The lowest BCUT2D eigenvalue weighted by Gasteiger charge is -2.05. The molecule has 0 saturated carbocycles. The molecule has 0 spiro atoms. The van der Waals surface area contributed by atoms with Crippen molar-refractivity contribution in [2.24, 2.45) is 0 Å². The molecule has 6 heteroatoms. The van der Waals surface area contributed by atoms with Crippen LogP contribution in [0.1, 0.15) is 64.7 Å². The van der Waals surface area contributed by atoms with Crippen LogP contribution in [0.3, 0.4) is 0 Å². The van der Waals surface area contributed by atoms with Gasteiger partial charge in [0.1, 0.15) is 6.61 Å². The van der Waals surface area contributed by atoms with Crippen LogP contribution in [0.15, 0.2) is 0 Å². The minimum absolute atomic E-state index is 0.00454. The van der Waals surface area contributed by atoms with Crippen LogP contribution in [0.4, 0.5) is 0 Å². The molecule has 0 radical (unpaired) electrons. The molecule has 0 amide bonds. The van der Waals surface area contributed by atoms with Crippen LogP contribution in [-0.4, -0.2) is 50.4 Å². The van der Waals surface area contributed by atoms with Crippen molar-refractivity contribution in [2.45, 2.75) is 64.7 Å². The van der Waals surface area contributed by atoms with Crippen LogP contribution in [0.2, 0.25) is 0 Å². The summed E-state index contributed by atoms with van der Waals surface area (Å²) in [6.45, 7) is 3.35. The minimum Gasteiger partial charge on any atom is -0.467 e. The van der Waals surface area contributed by atoms with Gasteiger partial charge < -0.3 is 14.2 Å². The third-order valence-corrected chi connectivity index (χ3v) is 4.46. The van der Waals surface area contributed by atoms with E-state index < -0.39 is 0 Å². The standard InChI is InChI=1S/C18H34O5S/c1-17(19)24-15-11-9-7-5-3-4-6-8-10-12-22-13-14-23-16-18(20)21-2/h3-16H2,1-2H3. The fraction of sp³-hybridized carbons (Fsp3) is 0.889. The molecular weight excluding hydrogens is 328 g/mol. The normalized spacial score (nSPS) is 10.8. The van der Waals surface area contributed by atoms with Gasteiger partial charge in [0, 0.05) is 19.3 Å². The van der Waals surface area contributed by atoms with Crippen molar-refractivity contribution in [3.05, 3.63) is 0 Å². The first-order valence-electron chi connectivity index (χ1n) is 9.02. The lowest BCUT2D eigenvalue weighted by Crippen LogP contribution is -2.13. The summed E-state index contributed by atoms with van der Waals surface area (Å²) < 4.78 is 15.0. The highest BCUT2D eigenvalue weighted by atomic mass is 32.2. The van der Waals surface area contributed by atoms with Gasteiger partial charge in [0.05, 0.1) is 20.3 Å². The Bertz CT molecular complexity index is 310. The van der Waals surface area contributed by atoms with Gasteiger partial charge in [0.25, 0.3) is 0 Å². The Hall–Kier alpha value is -0.590. The molecule has 0 saturated heterocycles. The molecule has 0 unspecified atom stereocenters. The Morgan fingerprint density at radius 2 is 1.29 bits per heavy atom. The average Bonchev–Trinajstić information content (AvgIpc) is 2.57. The minimum atomic E-state index is -0.357. The van der Waals surface area contributed by atoms with Gasteiger partial charge in [-0.15, -0.1) is 0 Å². The van der Waals surface area contributed by atoms with Gasteiger partial charge >= 0.3 is 5.97 Å². The van der Waals surface area contributed by atoms with E-state index in [0.29, 0.717) is 13.2 Å². The number of ether oxygens (including phenoxy) is 3. The Morgan fingerprint density at radius 3 is 1.88 bits per heavy atom. The number of unbranched alkanes of at least 4 members (excludes halogenated alkanes) is 8. The summed E-state index contributed by atoms with van der Waals surface area (Å²) in [4.78, 5) is 21.5. The van der Waals surface area contributed by atoms with E-state index in [1.807, 2.05) is 0 Å². The van der Waals surface area contributed by atoms with Crippen molar-refractivity contribution in [3.8, 4) is 0 Å². The molecule has 0 aromatic carbocycles. The number of carbonyl (C=O) groups excluding carboxylic acids is 2. The van der Waals surface area contributed by atoms with Crippen molar-refractivity contribution < 1.29 is 23.8 Å². The summed E-state index contributed by atoms with van der Waals surface area (Å²) in [5.41, 5.74) is 0. The van der Waals surface area contributed by atoms with Crippen LogP contribution >= 0.6 is 11.8 Å². The van der Waals surface area contributed by atoms with Crippen LogP contribution in [-0.2, 0) is 23.8 Å². The summed E-state index contributed by atoms with van der Waals surface area (Å²) in [5.74, 6) is 0.619. The van der Waals surface area contributed by atoms with Gasteiger partial charge in [-0.25, -0.2) is 4.79 Å². The second kappa shape index (κ2) is 18.7. The SMILES string of the molecule is COC(=O)COCCOCCCCCCCCCCCSC(C)=O. The maximum Gasteiger partial charge on any atom is 0.331 e. The van der Waals surface area contributed by atoms with E-state index in [1.165, 1.54) is 63.8 Å². The topological polar surface area (TPSA) is 61.8 Å². The third-order valence-electron chi connectivity index (χ3n) is 3.56. The molecule has 0 aromatic rings. The van der Waals surface area contributed by atoms with Crippen molar-refractivity contribution in [2.75, 3.05) is 39.3 Å². The van der Waals surface area contributed by atoms with E-state index in [2.05, 4.69) is 4.74 Å². The summed E-state index contributed by atoms with van der Waals surface area (Å²) in [7, 11) is 1.35. The Balaban J connectivity index is 3.03. The molecule has 0 aromatic heterocycles. The summed E-state index contributed by atoms with van der Waals surface area (Å²) >= 11 is 1.44. The highest BCUT2D eigenvalue weighted by molar-refractivity contribution is 8.13. The largest absolute Gasteiger partial charge is 0.467 e. The van der Waals surface area contributed by atoms with E-state index in [1.54, 1.807) is 6.92 Å². The molecule has 5 nitrogen and oxygen atoms in total. The Kier molecular flexibility index (Phi) is 18.3. The summed E-state index contributed by atoms with van der Waals surface area (Å²) in [6, 6.07) is 0. The smallest absolute Gasteiger partial charge is 0.331 e. The number of esters is 1. The quantitative estimate of drug-likeness (QED) is 0.288. The number of rotatable bonds is 17. The van der Waals surface area contributed by atoms with E-state index in [9.17, 15) is 9.59 Å². The second-order valence-corrected chi connectivity index (χ2v) is 7.03. The first-order valence-corrected chi connectivity index (χ1v) is 10.0. The van der Waals surface area contributed by atoms with Crippen molar-refractivity contribution in [1.29, 1.82) is 0 Å². The highest BCUT2D eigenvalue weighted by Gasteiger charge is 1.99. The maximum atomic E-state index is 10.8. The number of carbonyl (C=O) groups is 2. The van der Waals surface area contributed by atoms with Crippen LogP contribution in [0.5, 0.6) is 0 Å². The molecule has 0 aliphatic carbocycles. The first-order chi connectivity index (χ1) is 11.7. The third kappa shape index (κ3) is 19.5. The van der Waals surface area contributed by atoms with Crippen LogP contribution in [0.25, 0.3) is 0 Å². The molecule has 0 atom stereocenters. The number of thioether (sulfide) groups is 1. The van der Waals surface area contributed by atoms with Gasteiger partial charge in [0.2, 0.25) is 0 Å². The molecule has 0 fully saturated rings. The first kappa shape index (κ1) is 23.4. The molecule has 24 heavy (non-hydrogen) atoms. The molecule has 0 aliphatic rings. The zero-order chi connectivity index (χ0) is 17.9. The van der Waals surface area contributed by atoms with Gasteiger partial charge in [-0.05, 0) is 12.8 Å². The van der Waals surface area contributed by atoms with E-state index in [0.717, 1.165) is 25.2 Å². The molecule has 0 heterocycles. The van der Waals surface area contributed by atoms with Gasteiger partial charge in [0.15, 0.2) is 5.12 Å². The number of hydrogen-bond acceptors (Lipinski definition) is 6. The molecule has 0 N–H and O–H groups in total. The zero-order valence-corrected chi connectivity index (χ0v) is 16.2. The molecular formula is C18H34O5S. The van der Waals surface area contributed by atoms with Crippen molar-refractivity contribution >= 4 is 22.8 Å². The highest BCUT2D eigenvalue weighted by Crippen LogP contribution is 2.12. The van der Waals surface area contributed by atoms with Gasteiger partial charge in [-0.1, -0.05) is 56.7 Å². The lowest BCUT2D eigenvalue weighted by molar-refractivity contribution is -0.146. The Morgan fingerprint density at radius 1 is 0.750 bits per heavy atom. The second-order valence-electron chi connectivity index (χ2n) is 5.76. The van der Waals surface area contributed by atoms with Crippen LogP contribution < -0.4 is 0 Å². The van der Waals surface area contributed by atoms with Crippen molar-refractivity contribution in [3.63, 3.8) is 0 Å². The number of methoxy groups -OCH3 is 1. The van der Waals surface area contributed by atoms with Crippen molar-refractivity contribution in [1.82, 2.24) is 0 Å². The molecule has 0 rings (SSSR count). The van der Waals surface area contributed by atoms with E-state index >= 15 is 0 Å². The predicted octanol–water partition coefficient (Wildman–Crippen LogP) is 3.98. The monoisotopic (exact) mass is 362 g/mol. The summed E-state index contributed by atoms with van der Waals surface area (Å²) in [5, 5.41) is 0.229. The summed E-state index contributed by atoms with van der Waals surface area (Å²) in [6.07, 6.45) is 11.1. The maximum absolute atomic E-state index is 10.8. The molecule has 142 valence electrons. The van der Waals surface area contributed by atoms with Gasteiger partial charge in [-0.2, -0.15) is 0 Å². The lowest BCUT2D eigenvalue weighted by atomic mass is 10.1. The van der Waals surface area contributed by atoms with Gasteiger partial charge in [-0.3, -0.25) is 4.79 Å². The predicted molar refractivity (Wildman–Crippen MR) is 98.3 cm³/mol. The van der Waals surface area contributed by atoms with Crippen LogP contribution in [0, 0.1) is 0 Å². The molecule has 0 aliphatic heterocycles. The fourth-order valence-electron chi connectivity index (χ4n) is 2.19. The zero-order valence-electron chi connectivity index (χ0n) is 15.3. The van der Waals surface area contributed by atoms with E-state index in [-0.39, 0.29) is 17.7 Å². The van der Waals surface area contributed by atoms with E-state index in [4.69, 9.17) is 9.47 Å². The fourth-order valence-corrected chi connectivity index (χ4v) is 2.83.